The number of piperidine rings is 1. The number of nitrogen functional groups attached to an aromatic ring is 1. The largest absolute Gasteiger partial charge is 0.471 e. The molecule has 1 aliphatic rings. The molecule has 196 valence electrons. The van der Waals surface area contributed by atoms with Crippen LogP contribution in [0.4, 0.5) is 20.3 Å². The lowest BCUT2D eigenvalue weighted by molar-refractivity contribution is 0.00881. The summed E-state index contributed by atoms with van der Waals surface area (Å²) >= 11 is 7.06. The molecule has 1 aromatic heterocycles. The van der Waals surface area contributed by atoms with E-state index in [1.165, 1.54) is 12.1 Å². The van der Waals surface area contributed by atoms with E-state index in [4.69, 9.17) is 27.5 Å². The summed E-state index contributed by atoms with van der Waals surface area (Å²) in [6.07, 6.45) is -1.38. The molecule has 2 heterocycles. The van der Waals surface area contributed by atoms with Crippen LogP contribution in [0, 0.1) is 11.2 Å². The number of halogens is 3. The number of hydrogen-bond acceptors (Lipinski definition) is 8. The summed E-state index contributed by atoms with van der Waals surface area (Å²) in [5.41, 5.74) is 7.97. The van der Waals surface area contributed by atoms with Crippen molar-refractivity contribution in [3.05, 3.63) is 58.9 Å². The van der Waals surface area contributed by atoms with Crippen molar-refractivity contribution in [2.24, 2.45) is 0 Å². The number of likely N-dealkylation sites (tertiary alicyclic amines) is 1. The second-order valence-electron chi connectivity index (χ2n) is 9.14. The van der Waals surface area contributed by atoms with E-state index in [1.54, 1.807) is 37.3 Å². The van der Waals surface area contributed by atoms with E-state index in [9.17, 15) is 8.78 Å². The summed E-state index contributed by atoms with van der Waals surface area (Å²) in [6, 6.07) is 11.8. The maximum atomic E-state index is 15.0. The van der Waals surface area contributed by atoms with Crippen LogP contribution in [0.25, 0.3) is 11.4 Å². The van der Waals surface area contributed by atoms with Gasteiger partial charge in [-0.2, -0.15) is 4.98 Å². The van der Waals surface area contributed by atoms with Crippen molar-refractivity contribution in [2.75, 3.05) is 23.5 Å². The summed E-state index contributed by atoms with van der Waals surface area (Å²) < 4.78 is 38.0. The molecule has 0 aliphatic carbocycles. The van der Waals surface area contributed by atoms with Crippen molar-refractivity contribution in [1.29, 1.82) is 5.41 Å². The van der Waals surface area contributed by atoms with Gasteiger partial charge < -0.3 is 20.6 Å². The average molecular weight is 547 g/mol. The number of nitrogens with two attached hydrogens (primary N) is 1. The average Bonchev–Trinajstić information content (AvgIpc) is 2.85. The highest BCUT2D eigenvalue weighted by atomic mass is 35.5. The maximum absolute atomic E-state index is 15.0. The van der Waals surface area contributed by atoms with Crippen LogP contribution >= 0.6 is 23.5 Å². The van der Waals surface area contributed by atoms with Crippen molar-refractivity contribution >= 4 is 40.8 Å². The summed E-state index contributed by atoms with van der Waals surface area (Å²) in [5, 5.41) is 8.58. The number of nitrogens with zero attached hydrogens (tertiary/aromatic N) is 3. The van der Waals surface area contributed by atoms with Crippen LogP contribution in [0.2, 0.25) is 5.02 Å². The third-order valence-corrected chi connectivity index (χ3v) is 7.21. The number of hydrogen-bond donors (Lipinski definition) is 3. The van der Waals surface area contributed by atoms with Gasteiger partial charge in [-0.1, -0.05) is 11.6 Å². The van der Waals surface area contributed by atoms with Gasteiger partial charge in [-0.3, -0.25) is 4.90 Å². The second-order valence-corrected chi connectivity index (χ2v) is 10.4. The van der Waals surface area contributed by atoms with Crippen LogP contribution in [0.3, 0.4) is 0 Å². The molecule has 0 radical (unpaired) electrons. The first kappa shape index (κ1) is 27.1. The van der Waals surface area contributed by atoms with Crippen LogP contribution < -0.4 is 15.2 Å². The summed E-state index contributed by atoms with van der Waals surface area (Å²) in [7, 11) is 0. The molecule has 11 heteroatoms. The van der Waals surface area contributed by atoms with Crippen molar-refractivity contribution in [3.63, 3.8) is 0 Å². The molecule has 2 atom stereocenters. The highest BCUT2D eigenvalue weighted by molar-refractivity contribution is 8.00. The highest BCUT2D eigenvalue weighted by Crippen LogP contribution is 2.31. The van der Waals surface area contributed by atoms with Gasteiger partial charge >= 0.3 is 0 Å². The smallest absolute Gasteiger partial charge is 0.228 e. The fourth-order valence-electron chi connectivity index (χ4n) is 4.03. The van der Waals surface area contributed by atoms with E-state index in [1.807, 2.05) is 13.8 Å². The molecule has 1 aliphatic heterocycles. The van der Waals surface area contributed by atoms with Gasteiger partial charge in [-0.05, 0) is 75.2 Å². The van der Waals surface area contributed by atoms with Gasteiger partial charge in [0.05, 0.1) is 10.5 Å². The number of nitrogens with one attached hydrogen (secondary N) is 2. The van der Waals surface area contributed by atoms with E-state index >= 15 is 0 Å². The van der Waals surface area contributed by atoms with Crippen molar-refractivity contribution in [2.45, 2.75) is 50.4 Å². The zero-order chi connectivity index (χ0) is 26.7. The predicted octanol–water partition coefficient (Wildman–Crippen LogP) is 6.22. The predicted molar refractivity (Wildman–Crippen MR) is 146 cm³/mol. The van der Waals surface area contributed by atoms with E-state index < -0.39 is 12.3 Å². The monoisotopic (exact) mass is 546 g/mol. The number of benzene rings is 2. The quantitative estimate of drug-likeness (QED) is 0.227. The van der Waals surface area contributed by atoms with Crippen LogP contribution in [0.5, 0.6) is 5.88 Å². The molecule has 2 aromatic carbocycles. The Morgan fingerprint density at radius 1 is 1.24 bits per heavy atom. The molecular formula is C26H29ClF2N6OS. The first-order chi connectivity index (χ1) is 17.6. The molecule has 0 amide bonds. The number of alkyl halides is 1. The van der Waals surface area contributed by atoms with Gasteiger partial charge in [0.1, 0.15) is 23.9 Å². The zero-order valence-electron chi connectivity index (χ0n) is 20.8. The zero-order valence-corrected chi connectivity index (χ0v) is 22.3. The van der Waals surface area contributed by atoms with Crippen molar-refractivity contribution in [3.8, 4) is 17.3 Å². The Bertz CT molecular complexity index is 1280. The molecule has 4 N–H and O–H groups in total. The lowest BCUT2D eigenvalue weighted by atomic mass is 10.0. The van der Waals surface area contributed by atoms with Gasteiger partial charge in [-0.25, -0.2) is 13.8 Å². The molecule has 1 fully saturated rings. The van der Waals surface area contributed by atoms with Gasteiger partial charge in [0.25, 0.3) is 0 Å². The lowest BCUT2D eigenvalue weighted by Crippen LogP contribution is -2.49. The minimum absolute atomic E-state index is 0.0942. The Labute approximate surface area is 224 Å². The summed E-state index contributed by atoms with van der Waals surface area (Å²) in [5.74, 6) is 0.126. The normalized spacial score (nSPS) is 18.1. The van der Waals surface area contributed by atoms with Gasteiger partial charge in [0.15, 0.2) is 5.82 Å². The van der Waals surface area contributed by atoms with E-state index in [0.717, 1.165) is 17.6 Å². The van der Waals surface area contributed by atoms with Crippen LogP contribution in [0.15, 0.2) is 47.4 Å². The van der Waals surface area contributed by atoms with E-state index in [-0.39, 0.29) is 41.4 Å². The summed E-state index contributed by atoms with van der Waals surface area (Å²) in [6.45, 7) is 6.63. The first-order valence-corrected chi connectivity index (χ1v) is 13.1. The molecule has 1 unspecified atom stereocenters. The second kappa shape index (κ2) is 11.6. The number of rotatable bonds is 8. The number of aromatic nitrogens is 2. The van der Waals surface area contributed by atoms with Crippen molar-refractivity contribution < 1.29 is 13.5 Å². The Kier molecular flexibility index (Phi) is 8.51. The minimum Gasteiger partial charge on any atom is -0.471 e. The molecule has 0 spiro atoms. The molecule has 1 saturated heterocycles. The topological polar surface area (TPSA) is 100 Å². The Hall–Kier alpha value is -2.95. The van der Waals surface area contributed by atoms with Crippen LogP contribution in [-0.4, -0.2) is 52.0 Å². The molecule has 4 rings (SSSR count). The van der Waals surface area contributed by atoms with E-state index in [2.05, 4.69) is 19.6 Å². The molecule has 37 heavy (non-hydrogen) atoms. The molecule has 7 nitrogen and oxygen atoms in total. The fourth-order valence-corrected chi connectivity index (χ4v) is 4.98. The molecular weight excluding hydrogens is 518 g/mol. The molecule has 0 bridgehead atoms. The van der Waals surface area contributed by atoms with Crippen molar-refractivity contribution in [1.82, 2.24) is 14.9 Å². The van der Waals surface area contributed by atoms with E-state index in [0.29, 0.717) is 34.3 Å². The van der Waals surface area contributed by atoms with Gasteiger partial charge in [0.2, 0.25) is 5.88 Å². The SMILES string of the molecule is CC(=N)c1c(N)nc(-c2ccc(NSc3cc(Cl)ccc3F)cc2)nc1OC1CCN(C(C)C)C[C@@H]1F. The Morgan fingerprint density at radius 2 is 1.97 bits per heavy atom. The standard InChI is InChI=1S/C26H29ClF2N6OS/c1-14(2)35-11-10-21(20(29)13-35)36-26-23(15(3)30)24(31)32-25(33-26)16-4-7-18(8-5-16)34-37-22-12-17(27)6-9-19(22)28/h4-9,12,14,20-21,30,34H,10-11,13H2,1-3H3,(H2,31,32,33)/t20-,21?/m0/s1. The number of anilines is 2. The highest BCUT2D eigenvalue weighted by Gasteiger charge is 2.33. The Balaban J connectivity index is 1.53. The Morgan fingerprint density at radius 3 is 2.62 bits per heavy atom. The first-order valence-electron chi connectivity index (χ1n) is 11.9. The molecule has 0 saturated carbocycles. The van der Waals surface area contributed by atoms with Gasteiger partial charge in [0, 0.05) is 47.5 Å². The van der Waals surface area contributed by atoms with Gasteiger partial charge in [-0.15, -0.1) is 0 Å². The third-order valence-electron chi connectivity index (χ3n) is 6.10. The summed E-state index contributed by atoms with van der Waals surface area (Å²) in [4.78, 5) is 11.3. The van der Waals surface area contributed by atoms with Crippen LogP contribution in [-0.2, 0) is 0 Å². The lowest BCUT2D eigenvalue weighted by Gasteiger charge is -2.36. The molecule has 3 aromatic rings. The fraction of sp³-hybridized carbons (Fsp3) is 0.346. The minimum atomic E-state index is -1.19. The number of ether oxygens (including phenoxy) is 1. The third kappa shape index (κ3) is 6.49. The maximum Gasteiger partial charge on any atom is 0.228 e. The van der Waals surface area contributed by atoms with Crippen LogP contribution in [0.1, 0.15) is 32.8 Å².